The number of amides is 3. The van der Waals surface area contributed by atoms with Gasteiger partial charge in [0.25, 0.3) is 11.8 Å². The third-order valence-electron chi connectivity index (χ3n) is 5.83. The van der Waals surface area contributed by atoms with Gasteiger partial charge in [0.2, 0.25) is 5.91 Å². The molecular formula is C32H28ClN3O4S. The average Bonchev–Trinajstić information content (AvgIpc) is 2.98. The molecular weight excluding hydrogens is 558 g/mol. The van der Waals surface area contributed by atoms with Gasteiger partial charge in [-0.15, -0.1) is 11.8 Å². The van der Waals surface area contributed by atoms with Crippen molar-refractivity contribution in [2.24, 2.45) is 0 Å². The van der Waals surface area contributed by atoms with Crippen LogP contribution in [0.2, 0.25) is 5.02 Å². The van der Waals surface area contributed by atoms with Crippen molar-refractivity contribution in [2.75, 3.05) is 17.7 Å². The van der Waals surface area contributed by atoms with Gasteiger partial charge < -0.3 is 20.7 Å². The Balaban J connectivity index is 1.45. The lowest BCUT2D eigenvalue weighted by atomic mass is 10.1. The number of methoxy groups -OCH3 is 1. The molecule has 0 aliphatic carbocycles. The van der Waals surface area contributed by atoms with Crippen molar-refractivity contribution < 1.29 is 19.1 Å². The lowest BCUT2D eigenvalue weighted by molar-refractivity contribution is -0.115. The van der Waals surface area contributed by atoms with E-state index in [4.69, 9.17) is 16.3 Å². The largest absolute Gasteiger partial charge is 0.495 e. The SMILES string of the molecule is COc1ccc(NC(=O)C(C)Sc2cccc(NC(=O)/C(=C/c3ccccc3)NC(=O)c3ccccc3)c2)cc1Cl. The van der Waals surface area contributed by atoms with Crippen molar-refractivity contribution in [2.45, 2.75) is 17.1 Å². The second-order valence-corrected chi connectivity index (χ2v) is 10.7. The maximum atomic E-state index is 13.3. The van der Waals surface area contributed by atoms with Gasteiger partial charge in [0.15, 0.2) is 0 Å². The minimum absolute atomic E-state index is 0.0917. The van der Waals surface area contributed by atoms with Gasteiger partial charge in [-0.2, -0.15) is 0 Å². The highest BCUT2D eigenvalue weighted by molar-refractivity contribution is 8.00. The molecule has 4 aromatic carbocycles. The summed E-state index contributed by atoms with van der Waals surface area (Å²) in [6, 6.07) is 30.1. The van der Waals surface area contributed by atoms with Gasteiger partial charge in [-0.3, -0.25) is 14.4 Å². The standard InChI is InChI=1S/C32H28ClN3O4S/c1-21(30(37)34-25-16-17-29(40-2)27(33)20-25)41-26-15-9-14-24(19-26)35-32(39)28(18-22-10-5-3-6-11-22)36-31(38)23-12-7-4-8-13-23/h3-21H,1-2H3,(H,34,37)(H,35,39)(H,36,38)/b28-18-. The van der Waals surface area contributed by atoms with Crippen molar-refractivity contribution in [3.05, 3.63) is 125 Å². The van der Waals surface area contributed by atoms with Crippen molar-refractivity contribution in [3.8, 4) is 5.75 Å². The fourth-order valence-electron chi connectivity index (χ4n) is 3.75. The smallest absolute Gasteiger partial charge is 0.272 e. The van der Waals surface area contributed by atoms with Crippen molar-refractivity contribution >= 4 is 58.5 Å². The Bertz CT molecular complexity index is 1560. The van der Waals surface area contributed by atoms with E-state index in [2.05, 4.69) is 16.0 Å². The number of nitrogens with one attached hydrogen (secondary N) is 3. The molecule has 208 valence electrons. The maximum Gasteiger partial charge on any atom is 0.272 e. The molecule has 0 saturated carbocycles. The van der Waals surface area contributed by atoms with Crippen LogP contribution in [-0.4, -0.2) is 30.1 Å². The van der Waals surface area contributed by atoms with Crippen LogP contribution in [0.1, 0.15) is 22.8 Å². The molecule has 0 saturated heterocycles. The molecule has 0 heterocycles. The number of benzene rings is 4. The second kappa shape index (κ2) is 14.2. The molecule has 41 heavy (non-hydrogen) atoms. The molecule has 0 spiro atoms. The summed E-state index contributed by atoms with van der Waals surface area (Å²) < 4.78 is 5.15. The Hall–Kier alpha value is -4.53. The first-order chi connectivity index (χ1) is 19.8. The van der Waals surface area contributed by atoms with Crippen LogP contribution in [0.25, 0.3) is 6.08 Å². The first-order valence-electron chi connectivity index (χ1n) is 12.7. The van der Waals surface area contributed by atoms with Gasteiger partial charge in [0, 0.05) is 21.8 Å². The number of hydrogen-bond acceptors (Lipinski definition) is 5. The van der Waals surface area contributed by atoms with Crippen molar-refractivity contribution in [3.63, 3.8) is 0 Å². The fraction of sp³-hybridized carbons (Fsp3) is 0.0938. The zero-order valence-electron chi connectivity index (χ0n) is 22.4. The normalized spacial score (nSPS) is 11.7. The lowest BCUT2D eigenvalue weighted by Gasteiger charge is -2.14. The number of thioether (sulfide) groups is 1. The van der Waals surface area contributed by atoms with Crippen LogP contribution in [0.15, 0.2) is 114 Å². The molecule has 0 aliphatic heterocycles. The molecule has 0 aromatic heterocycles. The van der Waals surface area contributed by atoms with Crippen LogP contribution in [0.4, 0.5) is 11.4 Å². The van der Waals surface area contributed by atoms with E-state index in [9.17, 15) is 14.4 Å². The van der Waals surface area contributed by atoms with Crippen molar-refractivity contribution in [1.82, 2.24) is 5.32 Å². The Morgan fingerprint density at radius 3 is 2.20 bits per heavy atom. The monoisotopic (exact) mass is 585 g/mol. The fourth-order valence-corrected chi connectivity index (χ4v) is 4.93. The summed E-state index contributed by atoms with van der Waals surface area (Å²) in [6.45, 7) is 1.79. The van der Waals surface area contributed by atoms with E-state index in [-0.39, 0.29) is 11.6 Å². The first-order valence-corrected chi connectivity index (χ1v) is 13.9. The van der Waals surface area contributed by atoms with Crippen LogP contribution in [0.3, 0.4) is 0 Å². The minimum atomic E-state index is -0.484. The lowest BCUT2D eigenvalue weighted by Crippen LogP contribution is -2.30. The van der Waals surface area contributed by atoms with Gasteiger partial charge in [0.05, 0.1) is 17.4 Å². The van der Waals surface area contributed by atoms with E-state index in [1.165, 1.54) is 18.9 Å². The molecule has 9 heteroatoms. The molecule has 1 unspecified atom stereocenters. The van der Waals surface area contributed by atoms with E-state index in [0.29, 0.717) is 27.7 Å². The zero-order chi connectivity index (χ0) is 29.2. The Labute approximate surface area is 248 Å². The van der Waals surface area contributed by atoms with E-state index < -0.39 is 17.1 Å². The van der Waals surface area contributed by atoms with Gasteiger partial charge in [-0.25, -0.2) is 0 Å². The first kappa shape index (κ1) is 29.5. The highest BCUT2D eigenvalue weighted by Crippen LogP contribution is 2.29. The zero-order valence-corrected chi connectivity index (χ0v) is 24.0. The highest BCUT2D eigenvalue weighted by atomic mass is 35.5. The van der Waals surface area contributed by atoms with Crippen LogP contribution in [0.5, 0.6) is 5.75 Å². The Kier molecular flexibility index (Phi) is 10.2. The molecule has 0 radical (unpaired) electrons. The van der Waals surface area contributed by atoms with Crippen LogP contribution >= 0.6 is 23.4 Å². The summed E-state index contributed by atoms with van der Waals surface area (Å²) in [4.78, 5) is 39.7. The average molecular weight is 586 g/mol. The summed E-state index contributed by atoms with van der Waals surface area (Å²) in [7, 11) is 1.52. The van der Waals surface area contributed by atoms with Gasteiger partial charge in [0.1, 0.15) is 11.4 Å². The van der Waals surface area contributed by atoms with Crippen LogP contribution in [-0.2, 0) is 9.59 Å². The minimum Gasteiger partial charge on any atom is -0.495 e. The molecule has 7 nitrogen and oxygen atoms in total. The molecule has 0 bridgehead atoms. The number of hydrogen-bond donors (Lipinski definition) is 3. The van der Waals surface area contributed by atoms with Crippen LogP contribution < -0.4 is 20.7 Å². The molecule has 0 aliphatic rings. The molecule has 1 atom stereocenters. The number of carbonyl (C=O) groups is 3. The van der Waals surface area contributed by atoms with E-state index in [0.717, 1.165) is 10.5 Å². The molecule has 3 amide bonds. The summed E-state index contributed by atoms with van der Waals surface area (Å²) >= 11 is 7.50. The third kappa shape index (κ3) is 8.48. The molecule has 4 rings (SSSR count). The Morgan fingerprint density at radius 1 is 0.829 bits per heavy atom. The summed E-state index contributed by atoms with van der Waals surface area (Å²) in [5, 5.41) is 8.40. The topological polar surface area (TPSA) is 96.5 Å². The van der Waals surface area contributed by atoms with Crippen LogP contribution in [0, 0.1) is 0 Å². The summed E-state index contributed by atoms with van der Waals surface area (Å²) in [6.07, 6.45) is 1.62. The third-order valence-corrected chi connectivity index (χ3v) is 7.22. The highest BCUT2D eigenvalue weighted by Gasteiger charge is 2.18. The van der Waals surface area contributed by atoms with E-state index >= 15 is 0 Å². The second-order valence-electron chi connectivity index (χ2n) is 8.87. The quantitative estimate of drug-likeness (QED) is 0.139. The van der Waals surface area contributed by atoms with Crippen molar-refractivity contribution in [1.29, 1.82) is 0 Å². The summed E-state index contributed by atoms with van der Waals surface area (Å²) in [5.41, 5.74) is 2.36. The predicted octanol–water partition coefficient (Wildman–Crippen LogP) is 6.88. The van der Waals surface area contributed by atoms with E-state index in [1.54, 1.807) is 73.7 Å². The molecule has 0 fully saturated rings. The van der Waals surface area contributed by atoms with Gasteiger partial charge in [-0.05, 0) is 67.1 Å². The maximum absolute atomic E-state index is 13.3. The number of anilines is 2. The Morgan fingerprint density at radius 2 is 1.51 bits per heavy atom. The summed E-state index contributed by atoms with van der Waals surface area (Å²) in [5.74, 6) is -0.567. The number of ether oxygens (including phenoxy) is 1. The number of halogens is 1. The van der Waals surface area contributed by atoms with E-state index in [1.807, 2.05) is 42.5 Å². The molecule has 4 aromatic rings. The number of rotatable bonds is 10. The molecule has 3 N–H and O–H groups in total. The van der Waals surface area contributed by atoms with Gasteiger partial charge in [-0.1, -0.05) is 66.2 Å². The number of carbonyl (C=O) groups excluding carboxylic acids is 3. The van der Waals surface area contributed by atoms with Gasteiger partial charge >= 0.3 is 0 Å². The predicted molar refractivity (Wildman–Crippen MR) is 165 cm³/mol.